The van der Waals surface area contributed by atoms with Crippen LogP contribution < -0.4 is 16.4 Å². The van der Waals surface area contributed by atoms with E-state index >= 15 is 0 Å². The number of amides is 2. The molecule has 0 aliphatic heterocycles. The number of nitrogens with one attached hydrogen (secondary N) is 2. The summed E-state index contributed by atoms with van der Waals surface area (Å²) >= 11 is 0. The van der Waals surface area contributed by atoms with Gasteiger partial charge in [0.2, 0.25) is 11.8 Å². The molecule has 1 saturated carbocycles. The number of nitrogens with two attached hydrogens (primary N) is 1. The van der Waals surface area contributed by atoms with Crippen molar-refractivity contribution in [3.05, 3.63) is 0 Å². The lowest BCUT2D eigenvalue weighted by molar-refractivity contribution is -0.127. The van der Waals surface area contributed by atoms with Gasteiger partial charge in [0, 0.05) is 6.54 Å². The first-order chi connectivity index (χ1) is 8.00. The zero-order valence-electron chi connectivity index (χ0n) is 10.7. The lowest BCUT2D eigenvalue weighted by atomic mass is 9.85. The molecule has 0 bridgehead atoms. The van der Waals surface area contributed by atoms with Crippen molar-refractivity contribution in [1.29, 1.82) is 0 Å². The molecule has 0 aromatic carbocycles. The van der Waals surface area contributed by atoms with Gasteiger partial charge in [-0.1, -0.05) is 20.3 Å². The van der Waals surface area contributed by atoms with Crippen molar-refractivity contribution in [3.63, 3.8) is 0 Å². The predicted octanol–water partition coefficient (Wildman–Crippen LogP) is 0.00220. The first-order valence-electron chi connectivity index (χ1n) is 6.30. The van der Waals surface area contributed by atoms with E-state index in [-0.39, 0.29) is 24.3 Å². The van der Waals surface area contributed by atoms with E-state index in [1.807, 2.05) is 13.8 Å². The molecule has 98 valence electrons. The SMILES string of the molecule is CC(C)[C@H](N)C(=O)NCC(=O)NCC1CCC1. The van der Waals surface area contributed by atoms with Crippen LogP contribution in [0.4, 0.5) is 0 Å². The molecule has 0 saturated heterocycles. The molecule has 1 aliphatic rings. The maximum atomic E-state index is 11.5. The quantitative estimate of drug-likeness (QED) is 0.612. The van der Waals surface area contributed by atoms with Crippen LogP contribution in [0.2, 0.25) is 0 Å². The lowest BCUT2D eigenvalue weighted by Crippen LogP contribution is -2.47. The fourth-order valence-corrected chi connectivity index (χ4v) is 1.61. The minimum atomic E-state index is -0.547. The number of carbonyl (C=O) groups is 2. The molecule has 4 N–H and O–H groups in total. The van der Waals surface area contributed by atoms with Gasteiger partial charge in [0.25, 0.3) is 0 Å². The first-order valence-corrected chi connectivity index (χ1v) is 6.30. The summed E-state index contributed by atoms with van der Waals surface area (Å²) in [6, 6.07) is -0.547. The van der Waals surface area contributed by atoms with E-state index in [0.717, 1.165) is 6.54 Å². The molecule has 1 rings (SSSR count). The van der Waals surface area contributed by atoms with Gasteiger partial charge in [-0.3, -0.25) is 9.59 Å². The minimum Gasteiger partial charge on any atom is -0.354 e. The fraction of sp³-hybridized carbons (Fsp3) is 0.833. The molecule has 2 amide bonds. The van der Waals surface area contributed by atoms with Crippen molar-refractivity contribution in [3.8, 4) is 0 Å². The maximum Gasteiger partial charge on any atom is 0.239 e. The van der Waals surface area contributed by atoms with Crippen molar-refractivity contribution in [1.82, 2.24) is 10.6 Å². The highest BCUT2D eigenvalue weighted by molar-refractivity contribution is 5.87. The Labute approximate surface area is 103 Å². The normalized spacial score (nSPS) is 17.4. The molecule has 0 radical (unpaired) electrons. The minimum absolute atomic E-state index is 0.0198. The summed E-state index contributed by atoms with van der Waals surface area (Å²) in [6.45, 7) is 4.50. The van der Waals surface area contributed by atoms with Crippen LogP contribution in [-0.4, -0.2) is 30.9 Å². The third kappa shape index (κ3) is 4.73. The van der Waals surface area contributed by atoms with Gasteiger partial charge >= 0.3 is 0 Å². The topological polar surface area (TPSA) is 84.2 Å². The van der Waals surface area contributed by atoms with Crippen molar-refractivity contribution in [2.75, 3.05) is 13.1 Å². The predicted molar refractivity (Wildman–Crippen MR) is 66.2 cm³/mol. The molecule has 0 unspecified atom stereocenters. The Hall–Kier alpha value is -1.10. The Morgan fingerprint density at radius 3 is 2.41 bits per heavy atom. The molecule has 1 fully saturated rings. The van der Waals surface area contributed by atoms with E-state index in [4.69, 9.17) is 5.73 Å². The maximum absolute atomic E-state index is 11.5. The van der Waals surface area contributed by atoms with Crippen LogP contribution in [-0.2, 0) is 9.59 Å². The summed E-state index contributed by atoms with van der Waals surface area (Å²) in [5.41, 5.74) is 5.66. The highest BCUT2D eigenvalue weighted by Gasteiger charge is 2.19. The second-order valence-electron chi connectivity index (χ2n) is 5.09. The summed E-state index contributed by atoms with van der Waals surface area (Å²) in [4.78, 5) is 22.9. The van der Waals surface area contributed by atoms with Gasteiger partial charge in [-0.25, -0.2) is 0 Å². The van der Waals surface area contributed by atoms with E-state index in [1.165, 1.54) is 19.3 Å². The van der Waals surface area contributed by atoms with Gasteiger partial charge < -0.3 is 16.4 Å². The van der Waals surface area contributed by atoms with Crippen molar-refractivity contribution in [2.24, 2.45) is 17.6 Å². The molecule has 1 aliphatic carbocycles. The van der Waals surface area contributed by atoms with E-state index in [9.17, 15) is 9.59 Å². The molecule has 0 aromatic rings. The van der Waals surface area contributed by atoms with Gasteiger partial charge in [0.15, 0.2) is 0 Å². The van der Waals surface area contributed by atoms with Crippen LogP contribution in [0.3, 0.4) is 0 Å². The molecule has 0 heterocycles. The molecule has 0 aromatic heterocycles. The monoisotopic (exact) mass is 241 g/mol. The summed E-state index contributed by atoms with van der Waals surface area (Å²) < 4.78 is 0. The smallest absolute Gasteiger partial charge is 0.239 e. The van der Waals surface area contributed by atoms with E-state index < -0.39 is 6.04 Å². The molecular weight excluding hydrogens is 218 g/mol. The van der Waals surface area contributed by atoms with Crippen molar-refractivity contribution >= 4 is 11.8 Å². The van der Waals surface area contributed by atoms with Gasteiger partial charge in [0.1, 0.15) is 0 Å². The molecule has 5 nitrogen and oxygen atoms in total. The Morgan fingerprint density at radius 2 is 1.94 bits per heavy atom. The summed E-state index contributed by atoms with van der Waals surface area (Å²) in [5, 5.41) is 5.36. The van der Waals surface area contributed by atoms with Gasteiger partial charge in [0.05, 0.1) is 12.6 Å². The highest BCUT2D eigenvalue weighted by Crippen LogP contribution is 2.24. The summed E-state index contributed by atoms with van der Waals surface area (Å²) in [5.74, 6) is 0.306. The number of hydrogen-bond donors (Lipinski definition) is 3. The zero-order chi connectivity index (χ0) is 12.8. The van der Waals surface area contributed by atoms with Gasteiger partial charge in [-0.2, -0.15) is 0 Å². The van der Waals surface area contributed by atoms with Crippen LogP contribution in [0.25, 0.3) is 0 Å². The van der Waals surface area contributed by atoms with E-state index in [0.29, 0.717) is 5.92 Å². The lowest BCUT2D eigenvalue weighted by Gasteiger charge is -2.25. The molecule has 0 spiro atoms. The van der Waals surface area contributed by atoms with Crippen LogP contribution in [0.5, 0.6) is 0 Å². The van der Waals surface area contributed by atoms with E-state index in [1.54, 1.807) is 0 Å². The third-order valence-corrected chi connectivity index (χ3v) is 3.26. The largest absolute Gasteiger partial charge is 0.354 e. The second-order valence-corrected chi connectivity index (χ2v) is 5.09. The Balaban J connectivity index is 2.11. The van der Waals surface area contributed by atoms with Gasteiger partial charge in [-0.05, 0) is 24.7 Å². The zero-order valence-corrected chi connectivity index (χ0v) is 10.7. The van der Waals surface area contributed by atoms with Crippen LogP contribution >= 0.6 is 0 Å². The first kappa shape index (κ1) is 14.0. The Morgan fingerprint density at radius 1 is 1.29 bits per heavy atom. The second kappa shape index (κ2) is 6.59. The molecule has 5 heteroatoms. The Bertz CT molecular complexity index is 275. The number of carbonyl (C=O) groups excluding carboxylic acids is 2. The molecule has 17 heavy (non-hydrogen) atoms. The molecule has 1 atom stereocenters. The number of rotatable bonds is 6. The van der Waals surface area contributed by atoms with Crippen LogP contribution in [0, 0.1) is 11.8 Å². The summed E-state index contributed by atoms with van der Waals surface area (Å²) in [6.07, 6.45) is 3.66. The average Bonchev–Trinajstić information content (AvgIpc) is 2.22. The average molecular weight is 241 g/mol. The van der Waals surface area contributed by atoms with Crippen molar-refractivity contribution in [2.45, 2.75) is 39.2 Å². The third-order valence-electron chi connectivity index (χ3n) is 3.26. The Kier molecular flexibility index (Phi) is 5.41. The van der Waals surface area contributed by atoms with Crippen molar-refractivity contribution < 1.29 is 9.59 Å². The number of hydrogen-bond acceptors (Lipinski definition) is 3. The highest BCUT2D eigenvalue weighted by atomic mass is 16.2. The fourth-order valence-electron chi connectivity index (χ4n) is 1.61. The molecular formula is C12H23N3O2. The summed E-state index contributed by atoms with van der Waals surface area (Å²) in [7, 11) is 0. The van der Waals surface area contributed by atoms with Crippen LogP contribution in [0.15, 0.2) is 0 Å². The standard InChI is InChI=1S/C12H23N3O2/c1-8(2)11(13)12(17)15-7-10(16)14-6-9-4-3-5-9/h8-9,11H,3-7,13H2,1-2H3,(H,14,16)(H,15,17)/t11-/m0/s1. The van der Waals surface area contributed by atoms with E-state index in [2.05, 4.69) is 10.6 Å². The van der Waals surface area contributed by atoms with Gasteiger partial charge in [-0.15, -0.1) is 0 Å². The van der Waals surface area contributed by atoms with Crippen LogP contribution in [0.1, 0.15) is 33.1 Å².